The summed E-state index contributed by atoms with van der Waals surface area (Å²) in [6, 6.07) is 4.52. The van der Waals surface area contributed by atoms with Crippen LogP contribution in [0.15, 0.2) is 18.2 Å². The standard InChI is InChI=1S/C14H15F3O4/c1-9-5-20-12-3-2-10(4-13(12)21-6-9)11(18)7-19-8-14(15,16)17/h2-4,9H,5-8H2,1H3. The zero-order valence-corrected chi connectivity index (χ0v) is 11.4. The quantitative estimate of drug-likeness (QED) is 0.802. The Labute approximate surface area is 119 Å². The average molecular weight is 304 g/mol. The van der Waals surface area contributed by atoms with Crippen molar-refractivity contribution in [2.24, 2.45) is 5.92 Å². The Morgan fingerprint density at radius 3 is 2.62 bits per heavy atom. The van der Waals surface area contributed by atoms with E-state index in [9.17, 15) is 18.0 Å². The number of rotatable bonds is 4. The first-order chi connectivity index (χ1) is 9.85. The Bertz CT molecular complexity index is 513. The molecule has 0 aromatic heterocycles. The van der Waals surface area contributed by atoms with Gasteiger partial charge in [-0.1, -0.05) is 6.92 Å². The van der Waals surface area contributed by atoms with Gasteiger partial charge in [-0.3, -0.25) is 4.79 Å². The van der Waals surface area contributed by atoms with Crippen molar-refractivity contribution in [3.05, 3.63) is 23.8 Å². The monoisotopic (exact) mass is 304 g/mol. The summed E-state index contributed by atoms with van der Waals surface area (Å²) < 4.78 is 51.2. The van der Waals surface area contributed by atoms with Crippen LogP contribution >= 0.6 is 0 Å². The van der Waals surface area contributed by atoms with Crippen molar-refractivity contribution in [1.29, 1.82) is 0 Å². The van der Waals surface area contributed by atoms with Gasteiger partial charge < -0.3 is 14.2 Å². The van der Waals surface area contributed by atoms with Gasteiger partial charge in [0, 0.05) is 11.5 Å². The van der Waals surface area contributed by atoms with E-state index in [0.717, 1.165) is 0 Å². The lowest BCUT2D eigenvalue weighted by atomic mass is 10.1. The SMILES string of the molecule is CC1COc2ccc(C(=O)COCC(F)(F)F)cc2OC1. The highest BCUT2D eigenvalue weighted by Gasteiger charge is 2.28. The van der Waals surface area contributed by atoms with Crippen LogP contribution in [0, 0.1) is 5.92 Å². The Morgan fingerprint density at radius 1 is 1.29 bits per heavy atom. The molecule has 0 spiro atoms. The van der Waals surface area contributed by atoms with E-state index in [0.29, 0.717) is 24.7 Å². The summed E-state index contributed by atoms with van der Waals surface area (Å²) in [5, 5.41) is 0. The molecule has 0 aliphatic carbocycles. The van der Waals surface area contributed by atoms with Crippen molar-refractivity contribution in [1.82, 2.24) is 0 Å². The molecule has 2 rings (SSSR count). The zero-order chi connectivity index (χ0) is 15.5. The predicted octanol–water partition coefficient (Wildman–Crippen LogP) is 2.86. The maximum Gasteiger partial charge on any atom is 0.411 e. The molecule has 1 aliphatic rings. The fourth-order valence-electron chi connectivity index (χ4n) is 1.77. The molecule has 1 aromatic rings. The molecular weight excluding hydrogens is 289 g/mol. The lowest BCUT2D eigenvalue weighted by molar-refractivity contribution is -0.170. The summed E-state index contributed by atoms with van der Waals surface area (Å²) in [6.07, 6.45) is -4.44. The van der Waals surface area contributed by atoms with Gasteiger partial charge in [-0.05, 0) is 18.2 Å². The first-order valence-electron chi connectivity index (χ1n) is 6.42. The van der Waals surface area contributed by atoms with E-state index >= 15 is 0 Å². The van der Waals surface area contributed by atoms with E-state index in [-0.39, 0.29) is 11.5 Å². The number of hydrogen-bond acceptors (Lipinski definition) is 4. The third kappa shape index (κ3) is 4.63. The van der Waals surface area contributed by atoms with Crippen LogP contribution in [0.4, 0.5) is 13.2 Å². The van der Waals surface area contributed by atoms with Crippen LogP contribution in [0.5, 0.6) is 11.5 Å². The third-order valence-corrected chi connectivity index (χ3v) is 2.81. The van der Waals surface area contributed by atoms with Crippen molar-refractivity contribution in [3.8, 4) is 11.5 Å². The number of ketones is 1. The Balaban J connectivity index is 1.99. The van der Waals surface area contributed by atoms with Gasteiger partial charge in [0.05, 0.1) is 13.2 Å². The van der Waals surface area contributed by atoms with Crippen molar-refractivity contribution in [2.75, 3.05) is 26.4 Å². The molecular formula is C14H15F3O4. The Kier molecular flexibility index (Phi) is 4.72. The molecule has 7 heteroatoms. The molecule has 0 bridgehead atoms. The topological polar surface area (TPSA) is 44.8 Å². The number of carbonyl (C=O) groups excluding carboxylic acids is 1. The van der Waals surface area contributed by atoms with E-state index in [1.165, 1.54) is 12.1 Å². The minimum atomic E-state index is -4.44. The summed E-state index contributed by atoms with van der Waals surface area (Å²) in [6.45, 7) is 0.851. The number of benzene rings is 1. The highest BCUT2D eigenvalue weighted by atomic mass is 19.4. The lowest BCUT2D eigenvalue weighted by Crippen LogP contribution is -2.20. The number of Topliss-reactive ketones (excluding diaryl/α,β-unsaturated/α-hetero) is 1. The summed E-state index contributed by atoms with van der Waals surface area (Å²) >= 11 is 0. The molecule has 0 saturated carbocycles. The molecule has 1 heterocycles. The van der Waals surface area contributed by atoms with Gasteiger partial charge >= 0.3 is 6.18 Å². The van der Waals surface area contributed by atoms with Crippen LogP contribution < -0.4 is 9.47 Å². The molecule has 0 radical (unpaired) electrons. The van der Waals surface area contributed by atoms with Gasteiger partial charge in [0.15, 0.2) is 17.3 Å². The molecule has 4 nitrogen and oxygen atoms in total. The first-order valence-corrected chi connectivity index (χ1v) is 6.42. The fourth-order valence-corrected chi connectivity index (χ4v) is 1.77. The van der Waals surface area contributed by atoms with Crippen LogP contribution in [-0.4, -0.2) is 38.4 Å². The minimum absolute atomic E-state index is 0.215. The van der Waals surface area contributed by atoms with Crippen LogP contribution in [0.1, 0.15) is 17.3 Å². The van der Waals surface area contributed by atoms with Crippen molar-refractivity contribution >= 4 is 5.78 Å². The molecule has 21 heavy (non-hydrogen) atoms. The smallest absolute Gasteiger partial charge is 0.411 e. The number of ether oxygens (including phenoxy) is 3. The van der Waals surface area contributed by atoms with Gasteiger partial charge in [0.25, 0.3) is 0 Å². The van der Waals surface area contributed by atoms with E-state index in [1.54, 1.807) is 6.07 Å². The predicted molar refractivity (Wildman–Crippen MR) is 67.8 cm³/mol. The van der Waals surface area contributed by atoms with Crippen molar-refractivity contribution in [2.45, 2.75) is 13.1 Å². The normalized spacial score (nSPS) is 18.2. The number of alkyl halides is 3. The van der Waals surface area contributed by atoms with Crippen molar-refractivity contribution in [3.63, 3.8) is 0 Å². The summed E-state index contributed by atoms with van der Waals surface area (Å²) in [5.41, 5.74) is 0.231. The molecule has 1 aromatic carbocycles. The number of fused-ring (bicyclic) bond motifs is 1. The molecule has 1 unspecified atom stereocenters. The second-order valence-electron chi connectivity index (χ2n) is 4.92. The largest absolute Gasteiger partial charge is 0.489 e. The molecule has 0 fully saturated rings. The number of hydrogen-bond donors (Lipinski definition) is 0. The van der Waals surface area contributed by atoms with E-state index in [2.05, 4.69) is 4.74 Å². The van der Waals surface area contributed by atoms with Crippen LogP contribution in [0.25, 0.3) is 0 Å². The number of carbonyl (C=O) groups is 1. The van der Waals surface area contributed by atoms with Gasteiger partial charge in [0.1, 0.15) is 13.2 Å². The molecule has 1 atom stereocenters. The zero-order valence-electron chi connectivity index (χ0n) is 11.4. The van der Waals surface area contributed by atoms with E-state index in [1.807, 2.05) is 6.92 Å². The number of halogens is 3. The molecule has 0 N–H and O–H groups in total. The van der Waals surface area contributed by atoms with Gasteiger partial charge in [0.2, 0.25) is 0 Å². The molecule has 116 valence electrons. The average Bonchev–Trinajstić information content (AvgIpc) is 2.59. The highest BCUT2D eigenvalue weighted by Crippen LogP contribution is 2.31. The maximum atomic E-state index is 11.9. The molecule has 1 aliphatic heterocycles. The maximum absolute atomic E-state index is 11.9. The highest BCUT2D eigenvalue weighted by molar-refractivity contribution is 5.97. The third-order valence-electron chi connectivity index (χ3n) is 2.81. The van der Waals surface area contributed by atoms with Crippen LogP contribution in [-0.2, 0) is 4.74 Å². The fraction of sp³-hybridized carbons (Fsp3) is 0.500. The lowest BCUT2D eigenvalue weighted by Gasteiger charge is -2.10. The first kappa shape index (κ1) is 15.6. The van der Waals surface area contributed by atoms with Gasteiger partial charge in [-0.25, -0.2) is 0 Å². The second-order valence-corrected chi connectivity index (χ2v) is 4.92. The second kappa shape index (κ2) is 6.34. The van der Waals surface area contributed by atoms with Crippen LogP contribution in [0.2, 0.25) is 0 Å². The summed E-state index contributed by atoms with van der Waals surface area (Å²) in [7, 11) is 0. The Morgan fingerprint density at radius 2 is 1.95 bits per heavy atom. The Hall–Kier alpha value is -1.76. The molecule has 0 saturated heterocycles. The van der Waals surface area contributed by atoms with E-state index in [4.69, 9.17) is 9.47 Å². The summed E-state index contributed by atoms with van der Waals surface area (Å²) in [5.74, 6) is 0.614. The van der Waals surface area contributed by atoms with Crippen molar-refractivity contribution < 1.29 is 32.2 Å². The van der Waals surface area contributed by atoms with Gasteiger partial charge in [-0.15, -0.1) is 0 Å². The molecule has 0 amide bonds. The van der Waals surface area contributed by atoms with Crippen LogP contribution in [0.3, 0.4) is 0 Å². The van der Waals surface area contributed by atoms with Gasteiger partial charge in [-0.2, -0.15) is 13.2 Å². The minimum Gasteiger partial charge on any atom is -0.489 e. The summed E-state index contributed by atoms with van der Waals surface area (Å²) in [4.78, 5) is 11.8. The van der Waals surface area contributed by atoms with E-state index < -0.39 is 25.2 Å².